The maximum Gasteiger partial charge on any atom is 0.422 e. The van der Waals surface area contributed by atoms with Crippen molar-refractivity contribution in [3.8, 4) is 5.88 Å². The number of anilines is 1. The Morgan fingerprint density at radius 1 is 1.31 bits per heavy atom. The number of aryl methyl sites for hydroxylation is 1. The van der Waals surface area contributed by atoms with Crippen molar-refractivity contribution in [3.05, 3.63) is 35.7 Å². The first kappa shape index (κ1) is 20.6. The summed E-state index contributed by atoms with van der Waals surface area (Å²) in [7, 11) is 0. The summed E-state index contributed by atoms with van der Waals surface area (Å²) >= 11 is 0. The number of nitrogens with zero attached hydrogens (tertiary/aromatic N) is 3. The van der Waals surface area contributed by atoms with Crippen LogP contribution in [0.25, 0.3) is 0 Å². The van der Waals surface area contributed by atoms with Gasteiger partial charge in [-0.25, -0.2) is 4.98 Å². The fourth-order valence-corrected chi connectivity index (χ4v) is 2.93. The number of alkyl halides is 3. The number of carbonyl (C=O) groups excluding carboxylic acids is 2. The molecule has 1 N–H and O–H groups in total. The standard InChI is InChI=1S/C18H19F3N4O4/c1-11-8-14(24-29-11)23-16(26)12-4-6-25(7-5-12)17(27)13-2-3-15(22-9-13)28-10-18(19,20)21/h2-3,8-9,12H,4-7,10H2,1H3,(H,23,24,26). The van der Waals surface area contributed by atoms with Crippen LogP contribution in [-0.4, -0.2) is 52.7 Å². The van der Waals surface area contributed by atoms with Crippen molar-refractivity contribution in [3.63, 3.8) is 0 Å². The van der Waals surface area contributed by atoms with Gasteiger partial charge in [-0.2, -0.15) is 13.2 Å². The molecule has 2 aromatic heterocycles. The number of halogens is 3. The lowest BCUT2D eigenvalue weighted by Crippen LogP contribution is -2.41. The lowest BCUT2D eigenvalue weighted by molar-refractivity contribution is -0.154. The van der Waals surface area contributed by atoms with Crippen molar-refractivity contribution in [1.82, 2.24) is 15.0 Å². The number of amides is 2. The highest BCUT2D eigenvalue weighted by molar-refractivity contribution is 5.95. The maximum atomic E-state index is 12.5. The van der Waals surface area contributed by atoms with Crippen molar-refractivity contribution >= 4 is 17.6 Å². The highest BCUT2D eigenvalue weighted by atomic mass is 19.4. The molecule has 0 radical (unpaired) electrons. The Labute approximate surface area is 164 Å². The van der Waals surface area contributed by atoms with E-state index in [1.54, 1.807) is 17.9 Å². The Morgan fingerprint density at radius 3 is 2.59 bits per heavy atom. The Balaban J connectivity index is 1.50. The molecule has 29 heavy (non-hydrogen) atoms. The SMILES string of the molecule is Cc1cc(NC(=O)C2CCN(C(=O)c3ccc(OCC(F)(F)F)nc3)CC2)no1. The normalized spacial score (nSPS) is 15.2. The predicted octanol–water partition coefficient (Wildman–Crippen LogP) is 2.81. The van der Waals surface area contributed by atoms with Crippen molar-refractivity contribution in [2.24, 2.45) is 5.92 Å². The van der Waals surface area contributed by atoms with Crippen LogP contribution in [0.15, 0.2) is 28.9 Å². The lowest BCUT2D eigenvalue weighted by Gasteiger charge is -2.31. The monoisotopic (exact) mass is 412 g/mol. The van der Waals surface area contributed by atoms with E-state index in [1.165, 1.54) is 18.3 Å². The third-order valence-electron chi connectivity index (χ3n) is 4.40. The van der Waals surface area contributed by atoms with Crippen LogP contribution in [0.5, 0.6) is 5.88 Å². The average molecular weight is 412 g/mol. The van der Waals surface area contributed by atoms with Gasteiger partial charge in [-0.1, -0.05) is 5.16 Å². The van der Waals surface area contributed by atoms with Gasteiger partial charge in [-0.15, -0.1) is 0 Å². The van der Waals surface area contributed by atoms with Gasteiger partial charge in [0.1, 0.15) is 5.76 Å². The molecule has 11 heteroatoms. The van der Waals surface area contributed by atoms with E-state index >= 15 is 0 Å². The number of likely N-dealkylation sites (tertiary alicyclic amines) is 1. The number of carbonyl (C=O) groups is 2. The number of piperidine rings is 1. The maximum absolute atomic E-state index is 12.5. The van der Waals surface area contributed by atoms with Crippen LogP contribution in [0.2, 0.25) is 0 Å². The predicted molar refractivity (Wildman–Crippen MR) is 94.3 cm³/mol. The summed E-state index contributed by atoms with van der Waals surface area (Å²) in [4.78, 5) is 30.2. The molecule has 0 atom stereocenters. The molecular formula is C18H19F3N4O4. The molecule has 1 fully saturated rings. The van der Waals surface area contributed by atoms with E-state index in [1.807, 2.05) is 0 Å². The second-order valence-electron chi connectivity index (χ2n) is 6.67. The molecule has 1 aliphatic heterocycles. The largest absolute Gasteiger partial charge is 0.468 e. The van der Waals surface area contributed by atoms with Crippen molar-refractivity contribution in [2.75, 3.05) is 25.0 Å². The number of nitrogens with one attached hydrogen (secondary N) is 1. The molecule has 2 amide bonds. The van der Waals surface area contributed by atoms with E-state index in [9.17, 15) is 22.8 Å². The first-order valence-corrected chi connectivity index (χ1v) is 8.90. The molecule has 2 aromatic rings. The third kappa shape index (κ3) is 5.69. The molecule has 0 bridgehead atoms. The number of ether oxygens (including phenoxy) is 1. The summed E-state index contributed by atoms with van der Waals surface area (Å²) in [6.07, 6.45) is -2.32. The summed E-state index contributed by atoms with van der Waals surface area (Å²) in [5, 5.41) is 6.40. The summed E-state index contributed by atoms with van der Waals surface area (Å²) in [5.41, 5.74) is 0.241. The van der Waals surface area contributed by atoms with E-state index in [0.717, 1.165) is 0 Å². The number of pyridine rings is 1. The summed E-state index contributed by atoms with van der Waals surface area (Å²) in [6.45, 7) is 1.02. The lowest BCUT2D eigenvalue weighted by atomic mass is 9.95. The van der Waals surface area contributed by atoms with Gasteiger partial charge in [0.2, 0.25) is 11.8 Å². The van der Waals surface area contributed by atoms with Crippen LogP contribution in [0, 0.1) is 12.8 Å². The minimum atomic E-state index is -4.46. The van der Waals surface area contributed by atoms with Gasteiger partial charge in [-0.3, -0.25) is 9.59 Å². The van der Waals surface area contributed by atoms with E-state index < -0.39 is 12.8 Å². The number of rotatable bonds is 5. The first-order valence-electron chi connectivity index (χ1n) is 8.90. The van der Waals surface area contributed by atoms with E-state index in [0.29, 0.717) is 37.5 Å². The quantitative estimate of drug-likeness (QED) is 0.811. The minimum absolute atomic E-state index is 0.182. The zero-order valence-electron chi connectivity index (χ0n) is 15.5. The molecule has 3 rings (SSSR count). The smallest absolute Gasteiger partial charge is 0.422 e. The fraction of sp³-hybridized carbons (Fsp3) is 0.444. The van der Waals surface area contributed by atoms with Gasteiger partial charge < -0.3 is 19.5 Å². The van der Waals surface area contributed by atoms with E-state index in [4.69, 9.17) is 4.52 Å². The van der Waals surface area contributed by atoms with Crippen LogP contribution in [0.4, 0.5) is 19.0 Å². The molecule has 0 aliphatic carbocycles. The van der Waals surface area contributed by atoms with Crippen LogP contribution in [0.3, 0.4) is 0 Å². The van der Waals surface area contributed by atoms with Crippen molar-refractivity contribution < 1.29 is 32.0 Å². The number of hydrogen-bond donors (Lipinski definition) is 1. The summed E-state index contributed by atoms with van der Waals surface area (Å²) < 4.78 is 45.9. The topological polar surface area (TPSA) is 97.6 Å². The molecule has 1 aliphatic rings. The summed E-state index contributed by atoms with van der Waals surface area (Å²) in [5.74, 6) is -0.0113. The second kappa shape index (κ2) is 8.50. The molecule has 0 saturated carbocycles. The van der Waals surface area contributed by atoms with Crippen LogP contribution < -0.4 is 10.1 Å². The van der Waals surface area contributed by atoms with Gasteiger partial charge in [0.15, 0.2) is 12.4 Å². The van der Waals surface area contributed by atoms with Gasteiger partial charge in [-0.05, 0) is 25.8 Å². The molecule has 1 saturated heterocycles. The Morgan fingerprint density at radius 2 is 2.03 bits per heavy atom. The van der Waals surface area contributed by atoms with E-state index in [2.05, 4.69) is 20.2 Å². The molecule has 156 valence electrons. The Hall–Kier alpha value is -3.11. The molecule has 8 nitrogen and oxygen atoms in total. The second-order valence-corrected chi connectivity index (χ2v) is 6.67. The third-order valence-corrected chi connectivity index (χ3v) is 4.40. The molecular weight excluding hydrogens is 393 g/mol. The van der Waals surface area contributed by atoms with Crippen molar-refractivity contribution in [1.29, 1.82) is 0 Å². The number of hydrogen-bond acceptors (Lipinski definition) is 6. The van der Waals surface area contributed by atoms with Crippen LogP contribution >= 0.6 is 0 Å². The first-order chi connectivity index (χ1) is 13.7. The van der Waals surface area contributed by atoms with Crippen molar-refractivity contribution in [2.45, 2.75) is 25.9 Å². The zero-order valence-corrected chi connectivity index (χ0v) is 15.5. The Bertz CT molecular complexity index is 859. The molecule has 0 aromatic carbocycles. The molecule has 3 heterocycles. The molecule has 0 spiro atoms. The zero-order chi connectivity index (χ0) is 21.0. The van der Waals surface area contributed by atoms with Gasteiger partial charge in [0, 0.05) is 37.3 Å². The number of aromatic nitrogens is 2. The van der Waals surface area contributed by atoms with Gasteiger partial charge in [0.25, 0.3) is 5.91 Å². The van der Waals surface area contributed by atoms with E-state index in [-0.39, 0.29) is 29.2 Å². The summed E-state index contributed by atoms with van der Waals surface area (Å²) in [6, 6.07) is 4.21. The average Bonchev–Trinajstić information content (AvgIpc) is 3.10. The highest BCUT2D eigenvalue weighted by Gasteiger charge is 2.30. The van der Waals surface area contributed by atoms with Crippen LogP contribution in [-0.2, 0) is 4.79 Å². The fourth-order valence-electron chi connectivity index (χ4n) is 2.93. The Kier molecular flexibility index (Phi) is 6.04. The molecule has 0 unspecified atom stereocenters. The van der Waals surface area contributed by atoms with Gasteiger partial charge >= 0.3 is 6.18 Å². The minimum Gasteiger partial charge on any atom is -0.468 e. The highest BCUT2D eigenvalue weighted by Crippen LogP contribution is 2.22. The van der Waals surface area contributed by atoms with Gasteiger partial charge in [0.05, 0.1) is 5.56 Å². The van der Waals surface area contributed by atoms with Crippen LogP contribution in [0.1, 0.15) is 29.0 Å².